The van der Waals surface area contributed by atoms with Gasteiger partial charge in [-0.15, -0.1) is 11.8 Å². The molecule has 19 heavy (non-hydrogen) atoms. The van der Waals surface area contributed by atoms with Crippen LogP contribution < -0.4 is 5.32 Å². The third-order valence-corrected chi connectivity index (χ3v) is 4.50. The summed E-state index contributed by atoms with van der Waals surface area (Å²) in [5.41, 5.74) is 1.24. The highest BCUT2D eigenvalue weighted by Gasteiger charge is 2.47. The van der Waals surface area contributed by atoms with Gasteiger partial charge in [-0.25, -0.2) is 4.79 Å². The minimum Gasteiger partial charge on any atom is -0.303 e. The van der Waals surface area contributed by atoms with Crippen LogP contribution >= 0.6 is 11.8 Å². The Kier molecular flexibility index (Phi) is 3.46. The number of benzene rings is 1. The van der Waals surface area contributed by atoms with Gasteiger partial charge in [-0.05, 0) is 24.3 Å². The van der Waals surface area contributed by atoms with Gasteiger partial charge in [0.05, 0.1) is 5.88 Å². The molecular weight excluding hydrogens is 260 g/mol. The third-order valence-electron chi connectivity index (χ3n) is 3.51. The number of hydrogen-bond donors (Lipinski definition) is 1. The monoisotopic (exact) mass is 276 g/mol. The summed E-state index contributed by atoms with van der Waals surface area (Å²) >= 11 is 1.67. The molecule has 0 spiro atoms. The van der Waals surface area contributed by atoms with E-state index < -0.39 is 0 Å². The van der Waals surface area contributed by atoms with Gasteiger partial charge in [-0.3, -0.25) is 10.1 Å². The van der Waals surface area contributed by atoms with Crippen LogP contribution in [-0.2, 0) is 10.5 Å². The second kappa shape index (κ2) is 5.25. The van der Waals surface area contributed by atoms with Gasteiger partial charge >= 0.3 is 6.03 Å². The maximum absolute atomic E-state index is 11.8. The van der Waals surface area contributed by atoms with Crippen LogP contribution in [0, 0.1) is 5.92 Å². The number of nitrogens with zero attached hydrogens (tertiary/aromatic N) is 1. The largest absolute Gasteiger partial charge is 0.325 e. The Balaban J connectivity index is 1.56. The van der Waals surface area contributed by atoms with E-state index in [2.05, 4.69) is 17.4 Å². The minimum atomic E-state index is -0.234. The van der Waals surface area contributed by atoms with Gasteiger partial charge in [0, 0.05) is 5.75 Å². The first-order chi connectivity index (χ1) is 9.25. The quantitative estimate of drug-likeness (QED) is 0.839. The normalized spacial score (nSPS) is 22.7. The molecule has 5 heteroatoms. The predicted octanol–water partition coefficient (Wildman–Crippen LogP) is 2.21. The Hall–Kier alpha value is -1.49. The summed E-state index contributed by atoms with van der Waals surface area (Å²) < 4.78 is 0. The van der Waals surface area contributed by atoms with E-state index in [1.165, 1.54) is 5.56 Å². The van der Waals surface area contributed by atoms with E-state index in [9.17, 15) is 9.59 Å². The Labute approximate surface area is 116 Å². The maximum Gasteiger partial charge on any atom is 0.325 e. The Morgan fingerprint density at radius 1 is 1.21 bits per heavy atom. The fraction of sp³-hybridized carbons (Fsp3) is 0.429. The molecule has 1 saturated carbocycles. The first-order valence-electron chi connectivity index (χ1n) is 6.49. The van der Waals surface area contributed by atoms with Crippen LogP contribution in [0.3, 0.4) is 0 Å². The topological polar surface area (TPSA) is 49.4 Å². The van der Waals surface area contributed by atoms with Crippen molar-refractivity contribution in [2.24, 2.45) is 5.92 Å². The van der Waals surface area contributed by atoms with Crippen molar-refractivity contribution >= 4 is 23.7 Å². The zero-order valence-electron chi connectivity index (χ0n) is 10.5. The standard InChI is InChI=1S/C14H16N2O2S/c17-13-12(11-6-7-11)16(14(18)15-13)9-19-8-10-4-2-1-3-5-10/h1-5,11-12H,6-9H2,(H,15,17,18)/t12-/m0/s1. The van der Waals surface area contributed by atoms with Crippen molar-refractivity contribution in [1.82, 2.24) is 10.2 Å². The molecule has 1 aromatic rings. The molecule has 2 aliphatic rings. The summed E-state index contributed by atoms with van der Waals surface area (Å²) in [5.74, 6) is 1.70. The van der Waals surface area contributed by atoms with E-state index in [-0.39, 0.29) is 18.0 Å². The zero-order valence-corrected chi connectivity index (χ0v) is 11.4. The first kappa shape index (κ1) is 12.5. The number of imide groups is 1. The molecule has 1 aliphatic carbocycles. The molecule has 0 aromatic heterocycles. The van der Waals surface area contributed by atoms with E-state index in [0.29, 0.717) is 11.8 Å². The zero-order chi connectivity index (χ0) is 13.2. The summed E-state index contributed by atoms with van der Waals surface area (Å²) in [6.45, 7) is 0. The van der Waals surface area contributed by atoms with Crippen molar-refractivity contribution in [3.63, 3.8) is 0 Å². The molecule has 4 nitrogen and oxygen atoms in total. The SMILES string of the molecule is O=C1NC(=O)N(CSCc2ccccc2)[C@H]1C1CC1. The molecule has 1 saturated heterocycles. The lowest BCUT2D eigenvalue weighted by atomic mass is 10.2. The fourth-order valence-electron chi connectivity index (χ4n) is 2.37. The lowest BCUT2D eigenvalue weighted by molar-refractivity contribution is -0.121. The first-order valence-corrected chi connectivity index (χ1v) is 7.64. The number of rotatable bonds is 5. The van der Waals surface area contributed by atoms with Crippen molar-refractivity contribution in [3.05, 3.63) is 35.9 Å². The van der Waals surface area contributed by atoms with Gasteiger partial charge in [-0.2, -0.15) is 0 Å². The van der Waals surface area contributed by atoms with Gasteiger partial charge in [0.15, 0.2) is 0 Å². The van der Waals surface area contributed by atoms with Gasteiger partial charge in [-0.1, -0.05) is 30.3 Å². The van der Waals surface area contributed by atoms with Crippen LogP contribution in [0.1, 0.15) is 18.4 Å². The predicted molar refractivity (Wildman–Crippen MR) is 74.5 cm³/mol. The van der Waals surface area contributed by atoms with Crippen LogP contribution in [-0.4, -0.2) is 28.8 Å². The lowest BCUT2D eigenvalue weighted by Gasteiger charge is -2.20. The molecule has 0 unspecified atom stereocenters. The van der Waals surface area contributed by atoms with Crippen LogP contribution in [0.4, 0.5) is 4.79 Å². The average molecular weight is 276 g/mol. The molecule has 1 N–H and O–H groups in total. The number of nitrogens with one attached hydrogen (secondary N) is 1. The molecule has 1 aliphatic heterocycles. The van der Waals surface area contributed by atoms with Crippen LogP contribution in [0.25, 0.3) is 0 Å². The van der Waals surface area contributed by atoms with Gasteiger partial charge in [0.2, 0.25) is 0 Å². The fourth-order valence-corrected chi connectivity index (χ4v) is 3.37. The van der Waals surface area contributed by atoms with E-state index in [0.717, 1.165) is 18.6 Å². The van der Waals surface area contributed by atoms with Crippen molar-refractivity contribution in [2.75, 3.05) is 5.88 Å². The van der Waals surface area contributed by atoms with E-state index in [1.807, 2.05) is 18.2 Å². The minimum absolute atomic E-state index is 0.118. The number of thioether (sulfide) groups is 1. The van der Waals surface area contributed by atoms with Crippen molar-refractivity contribution in [3.8, 4) is 0 Å². The molecule has 1 atom stereocenters. The number of urea groups is 1. The number of carbonyl (C=O) groups is 2. The lowest BCUT2D eigenvalue weighted by Crippen LogP contribution is -2.36. The molecule has 0 bridgehead atoms. The highest BCUT2D eigenvalue weighted by molar-refractivity contribution is 7.98. The van der Waals surface area contributed by atoms with Crippen LogP contribution in [0.2, 0.25) is 0 Å². The molecular formula is C14H16N2O2S. The second-order valence-corrected chi connectivity index (χ2v) is 5.96. The smallest absolute Gasteiger partial charge is 0.303 e. The van der Waals surface area contributed by atoms with Crippen LogP contribution in [0.15, 0.2) is 30.3 Å². The number of carbonyl (C=O) groups excluding carboxylic acids is 2. The molecule has 3 rings (SSSR count). The van der Waals surface area contributed by atoms with Gasteiger partial charge in [0.1, 0.15) is 6.04 Å². The third kappa shape index (κ3) is 2.76. The Morgan fingerprint density at radius 3 is 2.63 bits per heavy atom. The Bertz CT molecular complexity index is 487. The van der Waals surface area contributed by atoms with Crippen molar-refractivity contribution < 1.29 is 9.59 Å². The van der Waals surface area contributed by atoms with Crippen molar-refractivity contribution in [2.45, 2.75) is 24.6 Å². The van der Waals surface area contributed by atoms with E-state index in [1.54, 1.807) is 16.7 Å². The average Bonchev–Trinajstić information content (AvgIpc) is 3.19. The van der Waals surface area contributed by atoms with Crippen LogP contribution in [0.5, 0.6) is 0 Å². The van der Waals surface area contributed by atoms with E-state index >= 15 is 0 Å². The summed E-state index contributed by atoms with van der Waals surface area (Å²) in [6, 6.07) is 9.69. The molecule has 2 fully saturated rings. The molecule has 3 amide bonds. The molecule has 1 heterocycles. The Morgan fingerprint density at radius 2 is 1.95 bits per heavy atom. The maximum atomic E-state index is 11.8. The second-order valence-electron chi connectivity index (χ2n) is 5.01. The number of amides is 3. The summed E-state index contributed by atoms with van der Waals surface area (Å²) in [4.78, 5) is 25.2. The van der Waals surface area contributed by atoms with E-state index in [4.69, 9.17) is 0 Å². The molecule has 1 aromatic carbocycles. The molecule has 100 valence electrons. The highest BCUT2D eigenvalue weighted by Crippen LogP contribution is 2.37. The molecule has 0 radical (unpaired) electrons. The van der Waals surface area contributed by atoms with Gasteiger partial charge < -0.3 is 4.90 Å². The summed E-state index contributed by atoms with van der Waals surface area (Å²) in [5, 5.41) is 2.42. The van der Waals surface area contributed by atoms with Gasteiger partial charge in [0.25, 0.3) is 5.91 Å². The summed E-state index contributed by atoms with van der Waals surface area (Å²) in [6.07, 6.45) is 2.12. The number of hydrogen-bond acceptors (Lipinski definition) is 3. The van der Waals surface area contributed by atoms with Crippen molar-refractivity contribution in [1.29, 1.82) is 0 Å². The summed E-state index contributed by atoms with van der Waals surface area (Å²) in [7, 11) is 0. The highest BCUT2D eigenvalue weighted by atomic mass is 32.2.